The normalized spacial score (nSPS) is 23.8. The highest BCUT2D eigenvalue weighted by Gasteiger charge is 2.25. The quantitative estimate of drug-likeness (QED) is 0.615. The van der Waals surface area contributed by atoms with Gasteiger partial charge < -0.3 is 10.4 Å². The molecule has 1 aliphatic carbocycles. The molecule has 2 N–H and O–H groups in total. The fourth-order valence-corrected chi connectivity index (χ4v) is 2.26. The Labute approximate surface area is 99.6 Å². The first-order valence-corrected chi connectivity index (χ1v) is 5.82. The highest BCUT2D eigenvalue weighted by atomic mass is 16.6. The summed E-state index contributed by atoms with van der Waals surface area (Å²) in [5.41, 5.74) is 0.795. The van der Waals surface area contributed by atoms with Crippen LogP contribution < -0.4 is 5.32 Å². The highest BCUT2D eigenvalue weighted by Crippen LogP contribution is 2.21. The Hall–Kier alpha value is -1.46. The summed E-state index contributed by atoms with van der Waals surface area (Å²) in [4.78, 5) is 10.4. The first-order valence-electron chi connectivity index (χ1n) is 5.82. The van der Waals surface area contributed by atoms with E-state index in [0.29, 0.717) is 12.1 Å². The second kappa shape index (κ2) is 5.25. The average molecular weight is 236 g/mol. The van der Waals surface area contributed by atoms with E-state index in [1.165, 1.54) is 6.07 Å². The summed E-state index contributed by atoms with van der Waals surface area (Å²) in [6.07, 6.45) is 2.43. The van der Waals surface area contributed by atoms with E-state index in [4.69, 9.17) is 0 Å². The summed E-state index contributed by atoms with van der Waals surface area (Å²) in [7, 11) is 0. The molecule has 0 saturated heterocycles. The zero-order chi connectivity index (χ0) is 12.3. The van der Waals surface area contributed by atoms with Crippen molar-refractivity contribution >= 4 is 5.69 Å². The third kappa shape index (κ3) is 2.81. The molecule has 0 bridgehead atoms. The monoisotopic (exact) mass is 236 g/mol. The van der Waals surface area contributed by atoms with Crippen molar-refractivity contribution in [1.29, 1.82) is 0 Å². The van der Waals surface area contributed by atoms with Gasteiger partial charge in [0, 0.05) is 24.2 Å². The van der Waals surface area contributed by atoms with Crippen LogP contribution in [0.2, 0.25) is 0 Å². The predicted octanol–water partition coefficient (Wildman–Crippen LogP) is 1.60. The predicted molar refractivity (Wildman–Crippen MR) is 63.6 cm³/mol. The van der Waals surface area contributed by atoms with Gasteiger partial charge in [0.2, 0.25) is 0 Å². The number of hydrogen-bond donors (Lipinski definition) is 2. The van der Waals surface area contributed by atoms with Crippen LogP contribution in [0, 0.1) is 10.1 Å². The van der Waals surface area contributed by atoms with Gasteiger partial charge in [-0.1, -0.05) is 18.2 Å². The molecule has 1 aromatic rings. The molecule has 5 nitrogen and oxygen atoms in total. The largest absolute Gasteiger partial charge is 0.392 e. The molecule has 0 aromatic heterocycles. The zero-order valence-electron chi connectivity index (χ0n) is 9.50. The van der Waals surface area contributed by atoms with Crippen LogP contribution in [-0.2, 0) is 6.54 Å². The highest BCUT2D eigenvalue weighted by molar-refractivity contribution is 5.39. The molecule has 1 aliphatic rings. The van der Waals surface area contributed by atoms with Crippen LogP contribution in [0.25, 0.3) is 0 Å². The lowest BCUT2D eigenvalue weighted by Crippen LogP contribution is -2.35. The first kappa shape index (κ1) is 12.0. The van der Waals surface area contributed by atoms with Gasteiger partial charge in [0.15, 0.2) is 0 Å². The SMILES string of the molecule is O=[N+]([O-])c1ccccc1CN[C@H]1CCC[C@@H]1O. The fourth-order valence-electron chi connectivity index (χ4n) is 2.26. The fraction of sp³-hybridized carbons (Fsp3) is 0.500. The van der Waals surface area contributed by atoms with Gasteiger partial charge in [0.25, 0.3) is 5.69 Å². The van der Waals surface area contributed by atoms with Gasteiger partial charge in [-0.25, -0.2) is 0 Å². The van der Waals surface area contributed by atoms with Gasteiger partial charge in [-0.15, -0.1) is 0 Å². The molecule has 2 atom stereocenters. The van der Waals surface area contributed by atoms with Gasteiger partial charge >= 0.3 is 0 Å². The minimum Gasteiger partial charge on any atom is -0.392 e. The number of benzene rings is 1. The molecule has 1 saturated carbocycles. The third-order valence-electron chi connectivity index (χ3n) is 3.22. The van der Waals surface area contributed by atoms with Crippen molar-refractivity contribution in [3.05, 3.63) is 39.9 Å². The number of hydrogen-bond acceptors (Lipinski definition) is 4. The van der Waals surface area contributed by atoms with Crippen LogP contribution in [-0.4, -0.2) is 22.2 Å². The van der Waals surface area contributed by atoms with Crippen molar-refractivity contribution in [1.82, 2.24) is 5.32 Å². The topological polar surface area (TPSA) is 75.4 Å². The molecule has 1 aromatic carbocycles. The van der Waals surface area contributed by atoms with Gasteiger partial charge in [0.1, 0.15) is 0 Å². The number of aliphatic hydroxyl groups excluding tert-OH is 1. The molecular weight excluding hydrogens is 220 g/mol. The number of rotatable bonds is 4. The first-order chi connectivity index (χ1) is 8.18. The average Bonchev–Trinajstić information content (AvgIpc) is 2.72. The zero-order valence-corrected chi connectivity index (χ0v) is 9.50. The summed E-state index contributed by atoms with van der Waals surface area (Å²) in [5, 5.41) is 23.6. The minimum absolute atomic E-state index is 0.0646. The molecule has 5 heteroatoms. The van der Waals surface area contributed by atoms with Crippen LogP contribution in [0.5, 0.6) is 0 Å². The van der Waals surface area contributed by atoms with Gasteiger partial charge in [-0.2, -0.15) is 0 Å². The van der Waals surface area contributed by atoms with Crippen molar-refractivity contribution in [2.75, 3.05) is 0 Å². The standard InChI is InChI=1S/C12H16N2O3/c15-12-7-3-5-10(12)13-8-9-4-1-2-6-11(9)14(16)17/h1-2,4,6,10,12-13,15H,3,5,7-8H2/t10-,12-/m0/s1. The van der Waals surface area contributed by atoms with Crippen LogP contribution >= 0.6 is 0 Å². The third-order valence-corrected chi connectivity index (χ3v) is 3.22. The van der Waals surface area contributed by atoms with E-state index in [-0.39, 0.29) is 22.8 Å². The number of nitro groups is 1. The summed E-state index contributed by atoms with van der Waals surface area (Å²) in [6, 6.07) is 6.75. The second-order valence-corrected chi connectivity index (χ2v) is 4.37. The van der Waals surface area contributed by atoms with Crippen LogP contribution in [0.15, 0.2) is 24.3 Å². The van der Waals surface area contributed by atoms with Crippen molar-refractivity contribution < 1.29 is 10.0 Å². The molecular formula is C12H16N2O3. The van der Waals surface area contributed by atoms with E-state index in [1.807, 2.05) is 0 Å². The molecule has 0 spiro atoms. The molecule has 0 heterocycles. The number of nitrogens with zero attached hydrogens (tertiary/aromatic N) is 1. The Morgan fingerprint density at radius 2 is 2.18 bits per heavy atom. The maximum Gasteiger partial charge on any atom is 0.273 e. The Balaban J connectivity index is 2.01. The Morgan fingerprint density at radius 3 is 2.82 bits per heavy atom. The summed E-state index contributed by atoms with van der Waals surface area (Å²) < 4.78 is 0. The lowest BCUT2D eigenvalue weighted by atomic mass is 10.1. The number of nitro benzene ring substituents is 1. The summed E-state index contributed by atoms with van der Waals surface area (Å²) in [5.74, 6) is 0. The Kier molecular flexibility index (Phi) is 3.71. The van der Waals surface area contributed by atoms with Crippen molar-refractivity contribution in [3.63, 3.8) is 0 Å². The van der Waals surface area contributed by atoms with E-state index >= 15 is 0 Å². The van der Waals surface area contributed by atoms with Crippen LogP contribution in [0.3, 0.4) is 0 Å². The van der Waals surface area contributed by atoms with E-state index in [2.05, 4.69) is 5.32 Å². The van der Waals surface area contributed by atoms with Crippen molar-refractivity contribution in [2.24, 2.45) is 0 Å². The molecule has 0 unspecified atom stereocenters. The van der Waals surface area contributed by atoms with E-state index < -0.39 is 0 Å². The van der Waals surface area contributed by atoms with Crippen molar-refractivity contribution in [3.8, 4) is 0 Å². The van der Waals surface area contributed by atoms with Gasteiger partial charge in [0.05, 0.1) is 11.0 Å². The summed E-state index contributed by atoms with van der Waals surface area (Å²) >= 11 is 0. The molecule has 0 radical (unpaired) electrons. The lowest BCUT2D eigenvalue weighted by Gasteiger charge is -2.16. The minimum atomic E-state index is -0.373. The molecule has 0 amide bonds. The molecule has 2 rings (SSSR count). The van der Waals surface area contributed by atoms with Gasteiger partial charge in [-0.05, 0) is 19.3 Å². The Bertz CT molecular complexity index is 408. The maximum absolute atomic E-state index is 10.8. The van der Waals surface area contributed by atoms with E-state index in [1.54, 1.807) is 18.2 Å². The Morgan fingerprint density at radius 1 is 1.41 bits per heavy atom. The summed E-state index contributed by atoms with van der Waals surface area (Å²) in [6.45, 7) is 0.429. The molecule has 17 heavy (non-hydrogen) atoms. The smallest absolute Gasteiger partial charge is 0.273 e. The van der Waals surface area contributed by atoms with Crippen LogP contribution in [0.4, 0.5) is 5.69 Å². The van der Waals surface area contributed by atoms with Gasteiger partial charge in [-0.3, -0.25) is 10.1 Å². The van der Waals surface area contributed by atoms with Crippen LogP contribution in [0.1, 0.15) is 24.8 Å². The maximum atomic E-state index is 10.8. The number of nitrogens with one attached hydrogen (secondary N) is 1. The molecule has 1 fully saturated rings. The van der Waals surface area contributed by atoms with Crippen molar-refractivity contribution in [2.45, 2.75) is 38.0 Å². The lowest BCUT2D eigenvalue weighted by molar-refractivity contribution is -0.385. The molecule has 92 valence electrons. The van der Waals surface area contributed by atoms with E-state index in [9.17, 15) is 15.2 Å². The number of aliphatic hydroxyl groups is 1. The number of para-hydroxylation sites is 1. The molecule has 0 aliphatic heterocycles. The second-order valence-electron chi connectivity index (χ2n) is 4.37. The van der Waals surface area contributed by atoms with E-state index in [0.717, 1.165) is 19.3 Å².